The number of hydrogen-bond donors (Lipinski definition) is 1. The van der Waals surface area contributed by atoms with Crippen molar-refractivity contribution in [3.8, 4) is 0 Å². The van der Waals surface area contributed by atoms with Gasteiger partial charge in [-0.05, 0) is 41.8 Å². The lowest BCUT2D eigenvalue weighted by atomic mass is 10.1. The molecule has 0 unspecified atom stereocenters. The Balaban J connectivity index is 1.45. The minimum atomic E-state index is 0.0412. The molecule has 3 aromatic rings. The summed E-state index contributed by atoms with van der Waals surface area (Å²) < 4.78 is 1.13. The molecular formula is C20H21Cl2N3OS. The van der Waals surface area contributed by atoms with Crippen LogP contribution in [0.5, 0.6) is 0 Å². The van der Waals surface area contributed by atoms with Crippen LogP contribution in [0.3, 0.4) is 0 Å². The third-order valence-electron chi connectivity index (χ3n) is 4.88. The molecule has 0 saturated carbocycles. The van der Waals surface area contributed by atoms with E-state index in [-0.39, 0.29) is 6.61 Å². The molecule has 0 aliphatic carbocycles. The maximum Gasteiger partial charge on any atom is 0.186 e. The van der Waals surface area contributed by atoms with Crippen LogP contribution >= 0.6 is 34.5 Å². The van der Waals surface area contributed by atoms with Gasteiger partial charge in [-0.15, -0.1) is 0 Å². The molecule has 142 valence electrons. The molecule has 4 nitrogen and oxygen atoms in total. The van der Waals surface area contributed by atoms with E-state index in [9.17, 15) is 5.11 Å². The van der Waals surface area contributed by atoms with Crippen molar-refractivity contribution >= 4 is 49.9 Å². The Morgan fingerprint density at radius 3 is 2.78 bits per heavy atom. The molecule has 0 atom stereocenters. The van der Waals surface area contributed by atoms with Crippen LogP contribution in [-0.2, 0) is 13.2 Å². The molecule has 0 spiro atoms. The summed E-state index contributed by atoms with van der Waals surface area (Å²) in [6.07, 6.45) is 1.08. The topological polar surface area (TPSA) is 39.6 Å². The first-order chi connectivity index (χ1) is 13.1. The maximum absolute atomic E-state index is 9.36. The van der Waals surface area contributed by atoms with Crippen molar-refractivity contribution in [3.63, 3.8) is 0 Å². The third kappa shape index (κ3) is 4.39. The van der Waals surface area contributed by atoms with E-state index < -0.39 is 0 Å². The second-order valence-corrected chi connectivity index (χ2v) is 8.66. The van der Waals surface area contributed by atoms with E-state index in [1.165, 1.54) is 0 Å². The first-order valence-electron chi connectivity index (χ1n) is 9.04. The Labute approximate surface area is 172 Å². The lowest BCUT2D eigenvalue weighted by Crippen LogP contribution is -2.30. The van der Waals surface area contributed by atoms with Crippen molar-refractivity contribution < 1.29 is 5.11 Å². The van der Waals surface area contributed by atoms with Gasteiger partial charge in [-0.3, -0.25) is 4.90 Å². The minimum Gasteiger partial charge on any atom is -0.392 e. The van der Waals surface area contributed by atoms with E-state index in [1.807, 2.05) is 36.4 Å². The van der Waals surface area contributed by atoms with Gasteiger partial charge in [0.25, 0.3) is 0 Å². The van der Waals surface area contributed by atoms with E-state index in [0.29, 0.717) is 0 Å². The van der Waals surface area contributed by atoms with Gasteiger partial charge in [0.2, 0.25) is 0 Å². The van der Waals surface area contributed by atoms with Gasteiger partial charge in [0, 0.05) is 42.8 Å². The third-order valence-corrected chi connectivity index (χ3v) is 6.57. The van der Waals surface area contributed by atoms with E-state index >= 15 is 0 Å². The number of aromatic nitrogens is 1. The van der Waals surface area contributed by atoms with E-state index in [2.05, 4.69) is 9.80 Å². The number of anilines is 1. The molecule has 0 radical (unpaired) electrons. The molecule has 1 aliphatic rings. The minimum absolute atomic E-state index is 0.0412. The second-order valence-electron chi connectivity index (χ2n) is 6.81. The number of aliphatic hydroxyl groups is 1. The molecular weight excluding hydrogens is 401 g/mol. The highest BCUT2D eigenvalue weighted by atomic mass is 35.5. The Hall–Kier alpha value is -1.37. The van der Waals surface area contributed by atoms with Gasteiger partial charge in [-0.2, -0.15) is 0 Å². The number of nitrogens with zero attached hydrogens (tertiary/aromatic N) is 3. The smallest absolute Gasteiger partial charge is 0.186 e. The fourth-order valence-corrected chi connectivity index (χ4v) is 4.90. The van der Waals surface area contributed by atoms with Gasteiger partial charge in [0.15, 0.2) is 5.13 Å². The van der Waals surface area contributed by atoms with Crippen LogP contribution in [0.2, 0.25) is 10.0 Å². The van der Waals surface area contributed by atoms with Gasteiger partial charge in [0.1, 0.15) is 0 Å². The van der Waals surface area contributed by atoms with Gasteiger partial charge in [0.05, 0.1) is 16.8 Å². The van der Waals surface area contributed by atoms with Crippen LogP contribution in [0.1, 0.15) is 17.5 Å². The van der Waals surface area contributed by atoms with Gasteiger partial charge in [-0.25, -0.2) is 4.98 Å². The standard InChI is InChI=1S/C20H21Cl2N3OS/c21-16-3-5-18-19(11-16)27-20(23-18)25-7-1-6-24(8-9-25)12-15-10-14(13-26)2-4-17(15)22/h2-5,10-11,26H,1,6-9,12-13H2. The van der Waals surface area contributed by atoms with Crippen LogP contribution in [0.4, 0.5) is 5.13 Å². The largest absolute Gasteiger partial charge is 0.392 e. The summed E-state index contributed by atoms with van der Waals surface area (Å²) >= 11 is 14.2. The van der Waals surface area contributed by atoms with Crippen LogP contribution in [0, 0.1) is 0 Å². The molecule has 1 fully saturated rings. The molecule has 0 amide bonds. The van der Waals surface area contributed by atoms with Crippen molar-refractivity contribution in [3.05, 3.63) is 57.6 Å². The molecule has 2 heterocycles. The number of fused-ring (bicyclic) bond motifs is 1. The molecule has 1 aliphatic heterocycles. The highest BCUT2D eigenvalue weighted by molar-refractivity contribution is 7.22. The zero-order valence-electron chi connectivity index (χ0n) is 14.9. The number of thiazole rings is 1. The van der Waals surface area contributed by atoms with Crippen LogP contribution in [0.15, 0.2) is 36.4 Å². The Kier molecular flexibility index (Phi) is 5.85. The molecule has 2 aromatic carbocycles. The highest BCUT2D eigenvalue weighted by Gasteiger charge is 2.19. The predicted octanol–water partition coefficient (Wildman–Crippen LogP) is 4.81. The summed E-state index contributed by atoms with van der Waals surface area (Å²) in [6.45, 7) is 4.75. The SMILES string of the molecule is OCc1ccc(Cl)c(CN2CCCN(c3nc4ccc(Cl)cc4s3)CC2)c1. The van der Waals surface area contributed by atoms with Crippen molar-refractivity contribution in [1.29, 1.82) is 0 Å². The molecule has 1 N–H and O–H groups in total. The summed E-state index contributed by atoms with van der Waals surface area (Å²) in [4.78, 5) is 9.57. The number of aliphatic hydroxyl groups excluding tert-OH is 1. The number of halogens is 2. The normalized spacial score (nSPS) is 16.0. The fourth-order valence-electron chi connectivity index (χ4n) is 3.43. The Morgan fingerprint density at radius 2 is 1.93 bits per heavy atom. The van der Waals surface area contributed by atoms with E-state index in [1.54, 1.807) is 11.3 Å². The zero-order chi connectivity index (χ0) is 18.8. The van der Waals surface area contributed by atoms with E-state index in [4.69, 9.17) is 28.2 Å². The molecule has 0 bridgehead atoms. The van der Waals surface area contributed by atoms with Gasteiger partial charge >= 0.3 is 0 Å². The average Bonchev–Trinajstić information content (AvgIpc) is 2.94. The van der Waals surface area contributed by atoms with Crippen LogP contribution < -0.4 is 4.90 Å². The Bertz CT molecular complexity index is 946. The first kappa shape index (κ1) is 19.0. The monoisotopic (exact) mass is 421 g/mol. The molecule has 4 rings (SSSR count). The average molecular weight is 422 g/mol. The lowest BCUT2D eigenvalue weighted by Gasteiger charge is -2.22. The number of benzene rings is 2. The maximum atomic E-state index is 9.36. The number of rotatable bonds is 4. The summed E-state index contributed by atoms with van der Waals surface area (Å²) in [5.41, 5.74) is 2.98. The second kappa shape index (κ2) is 8.33. The van der Waals surface area contributed by atoms with Crippen LogP contribution in [-0.4, -0.2) is 41.2 Å². The van der Waals surface area contributed by atoms with Crippen LogP contribution in [0.25, 0.3) is 10.2 Å². The molecule has 7 heteroatoms. The molecule has 27 heavy (non-hydrogen) atoms. The quantitative estimate of drug-likeness (QED) is 0.655. The van der Waals surface area contributed by atoms with E-state index in [0.717, 1.165) is 75.7 Å². The fraction of sp³-hybridized carbons (Fsp3) is 0.350. The summed E-state index contributed by atoms with van der Waals surface area (Å²) in [5.74, 6) is 0. The van der Waals surface area contributed by atoms with Crippen molar-refractivity contribution in [2.45, 2.75) is 19.6 Å². The highest BCUT2D eigenvalue weighted by Crippen LogP contribution is 2.31. The first-order valence-corrected chi connectivity index (χ1v) is 10.6. The van der Waals surface area contributed by atoms with Gasteiger partial charge < -0.3 is 10.0 Å². The van der Waals surface area contributed by atoms with Crippen molar-refractivity contribution in [1.82, 2.24) is 9.88 Å². The lowest BCUT2D eigenvalue weighted by molar-refractivity contribution is 0.278. The van der Waals surface area contributed by atoms with Crippen molar-refractivity contribution in [2.75, 3.05) is 31.1 Å². The van der Waals surface area contributed by atoms with Crippen molar-refractivity contribution in [2.24, 2.45) is 0 Å². The molecule has 1 saturated heterocycles. The summed E-state index contributed by atoms with van der Waals surface area (Å²) in [5, 5.41) is 11.9. The number of hydrogen-bond acceptors (Lipinski definition) is 5. The zero-order valence-corrected chi connectivity index (χ0v) is 17.2. The summed E-state index contributed by atoms with van der Waals surface area (Å²) in [6, 6.07) is 11.6. The Morgan fingerprint density at radius 1 is 1.04 bits per heavy atom. The molecule has 1 aromatic heterocycles. The summed E-state index contributed by atoms with van der Waals surface area (Å²) in [7, 11) is 0. The van der Waals surface area contributed by atoms with Gasteiger partial charge in [-0.1, -0.05) is 46.7 Å². The predicted molar refractivity (Wildman–Crippen MR) is 114 cm³/mol.